The van der Waals surface area contributed by atoms with E-state index in [1.54, 1.807) is 30.6 Å². The lowest BCUT2D eigenvalue weighted by Gasteiger charge is -2.09. The predicted molar refractivity (Wildman–Crippen MR) is 77.0 cm³/mol. The second-order valence-corrected chi connectivity index (χ2v) is 4.34. The summed E-state index contributed by atoms with van der Waals surface area (Å²) in [6.45, 7) is 0. The number of methoxy groups -OCH3 is 1. The van der Waals surface area contributed by atoms with Gasteiger partial charge in [0.2, 0.25) is 5.78 Å². The van der Waals surface area contributed by atoms with E-state index in [2.05, 4.69) is 15.5 Å². The van der Waals surface area contributed by atoms with Crippen molar-refractivity contribution in [2.45, 2.75) is 0 Å². The number of benzene rings is 1. The van der Waals surface area contributed by atoms with Crippen molar-refractivity contribution in [1.82, 2.24) is 10.2 Å². The topological polar surface area (TPSA) is 67.0 Å². The minimum atomic E-state index is -0.133. The SMILES string of the molecule is COC1=CC=C/C(=C\Nc2ccc3[nH]ncc3c2)C1=O. The first-order valence-corrected chi connectivity index (χ1v) is 6.15. The molecular formula is C15H13N3O2. The third-order valence-electron chi connectivity index (χ3n) is 3.06. The molecule has 0 fully saturated rings. The van der Waals surface area contributed by atoms with Crippen LogP contribution in [0.4, 0.5) is 5.69 Å². The van der Waals surface area contributed by atoms with Gasteiger partial charge < -0.3 is 10.1 Å². The van der Waals surface area contributed by atoms with E-state index in [0.29, 0.717) is 11.3 Å². The highest BCUT2D eigenvalue weighted by Crippen LogP contribution is 2.18. The Morgan fingerprint density at radius 3 is 3.15 bits per heavy atom. The average Bonchev–Trinajstić information content (AvgIpc) is 2.93. The van der Waals surface area contributed by atoms with E-state index >= 15 is 0 Å². The summed E-state index contributed by atoms with van der Waals surface area (Å²) in [5, 5.41) is 11.0. The quantitative estimate of drug-likeness (QED) is 0.839. The number of aromatic nitrogens is 2. The monoisotopic (exact) mass is 267 g/mol. The number of nitrogens with one attached hydrogen (secondary N) is 2. The number of hydrogen-bond acceptors (Lipinski definition) is 4. The molecule has 2 N–H and O–H groups in total. The van der Waals surface area contributed by atoms with Crippen molar-refractivity contribution in [2.75, 3.05) is 12.4 Å². The molecule has 100 valence electrons. The summed E-state index contributed by atoms with van der Waals surface area (Å²) in [4.78, 5) is 12.0. The fourth-order valence-corrected chi connectivity index (χ4v) is 2.00. The van der Waals surface area contributed by atoms with E-state index in [0.717, 1.165) is 16.6 Å². The number of anilines is 1. The number of fused-ring (bicyclic) bond motifs is 1. The van der Waals surface area contributed by atoms with Crippen molar-refractivity contribution in [1.29, 1.82) is 0 Å². The van der Waals surface area contributed by atoms with Crippen molar-refractivity contribution >= 4 is 22.4 Å². The van der Waals surface area contributed by atoms with Crippen LogP contribution in [0.25, 0.3) is 10.9 Å². The summed E-state index contributed by atoms with van der Waals surface area (Å²) >= 11 is 0. The molecule has 5 heteroatoms. The Morgan fingerprint density at radius 2 is 2.30 bits per heavy atom. The number of rotatable bonds is 3. The van der Waals surface area contributed by atoms with Crippen LogP contribution in [0.2, 0.25) is 0 Å². The van der Waals surface area contributed by atoms with E-state index in [4.69, 9.17) is 4.74 Å². The lowest BCUT2D eigenvalue weighted by molar-refractivity contribution is -0.114. The van der Waals surface area contributed by atoms with Gasteiger partial charge in [0.25, 0.3) is 0 Å². The summed E-state index contributed by atoms with van der Waals surface area (Å²) in [6.07, 6.45) is 8.61. The number of H-pyrrole nitrogens is 1. The zero-order valence-electron chi connectivity index (χ0n) is 10.9. The lowest BCUT2D eigenvalue weighted by Crippen LogP contribution is -2.10. The molecule has 0 radical (unpaired) electrons. The molecule has 1 aliphatic rings. The number of hydrogen-bond donors (Lipinski definition) is 2. The van der Waals surface area contributed by atoms with Crippen LogP contribution >= 0.6 is 0 Å². The Morgan fingerprint density at radius 1 is 1.40 bits per heavy atom. The van der Waals surface area contributed by atoms with Gasteiger partial charge in [-0.2, -0.15) is 5.10 Å². The number of carbonyl (C=O) groups is 1. The maximum absolute atomic E-state index is 12.0. The van der Waals surface area contributed by atoms with Gasteiger partial charge in [0.1, 0.15) is 0 Å². The van der Waals surface area contributed by atoms with E-state index in [-0.39, 0.29) is 5.78 Å². The number of allylic oxidation sites excluding steroid dienone is 4. The molecule has 0 aliphatic heterocycles. The zero-order chi connectivity index (χ0) is 13.9. The Kier molecular flexibility index (Phi) is 3.09. The standard InChI is InChI=1S/C15H13N3O2/c1-20-14-4-2-3-10(15(14)19)8-16-12-5-6-13-11(7-12)9-17-18-13/h2-9,16H,1H3,(H,17,18)/b10-8+. The summed E-state index contributed by atoms with van der Waals surface area (Å²) in [5.74, 6) is 0.206. The van der Waals surface area contributed by atoms with Crippen LogP contribution in [-0.2, 0) is 9.53 Å². The van der Waals surface area contributed by atoms with Crippen LogP contribution in [0.15, 0.2) is 60.2 Å². The largest absolute Gasteiger partial charge is 0.493 e. The molecule has 2 aromatic rings. The molecule has 20 heavy (non-hydrogen) atoms. The minimum absolute atomic E-state index is 0.133. The van der Waals surface area contributed by atoms with Crippen molar-refractivity contribution in [3.63, 3.8) is 0 Å². The molecule has 0 amide bonds. The highest BCUT2D eigenvalue weighted by atomic mass is 16.5. The average molecular weight is 267 g/mol. The van der Waals surface area contributed by atoms with Crippen LogP contribution in [0, 0.1) is 0 Å². The Hall–Kier alpha value is -2.82. The maximum atomic E-state index is 12.0. The van der Waals surface area contributed by atoms with Gasteiger partial charge in [0, 0.05) is 22.8 Å². The number of ketones is 1. The van der Waals surface area contributed by atoms with Crippen molar-refractivity contribution in [3.8, 4) is 0 Å². The van der Waals surface area contributed by atoms with Gasteiger partial charge in [-0.15, -0.1) is 0 Å². The first kappa shape index (κ1) is 12.2. The summed E-state index contributed by atoms with van der Waals surface area (Å²) in [7, 11) is 1.49. The van der Waals surface area contributed by atoms with Gasteiger partial charge in [0.15, 0.2) is 5.76 Å². The molecule has 1 aliphatic carbocycles. The summed E-state index contributed by atoms with van der Waals surface area (Å²) in [5.41, 5.74) is 2.42. The van der Waals surface area contributed by atoms with Crippen LogP contribution in [0.3, 0.4) is 0 Å². The first-order chi connectivity index (χ1) is 9.78. The first-order valence-electron chi connectivity index (χ1n) is 6.15. The van der Waals surface area contributed by atoms with E-state index in [9.17, 15) is 4.79 Å². The molecule has 0 spiro atoms. The highest BCUT2D eigenvalue weighted by molar-refractivity contribution is 6.10. The van der Waals surface area contributed by atoms with Gasteiger partial charge in [-0.25, -0.2) is 0 Å². The number of Topliss-reactive ketones (excluding diaryl/α,β-unsaturated/α-hetero) is 1. The molecule has 1 aromatic carbocycles. The van der Waals surface area contributed by atoms with Crippen molar-refractivity contribution in [3.05, 3.63) is 60.2 Å². The number of ether oxygens (including phenoxy) is 1. The summed E-state index contributed by atoms with van der Waals surface area (Å²) < 4.78 is 5.01. The minimum Gasteiger partial charge on any atom is -0.493 e. The smallest absolute Gasteiger partial charge is 0.228 e. The molecule has 1 aromatic heterocycles. The van der Waals surface area contributed by atoms with Crippen molar-refractivity contribution in [2.24, 2.45) is 0 Å². The van der Waals surface area contributed by atoms with Gasteiger partial charge >= 0.3 is 0 Å². The van der Waals surface area contributed by atoms with Crippen LogP contribution in [0.1, 0.15) is 0 Å². The molecule has 0 unspecified atom stereocenters. The Labute approximate surface area is 115 Å². The lowest BCUT2D eigenvalue weighted by atomic mass is 10.1. The molecule has 0 saturated heterocycles. The normalized spacial score (nSPS) is 16.6. The van der Waals surface area contributed by atoms with E-state index < -0.39 is 0 Å². The molecule has 0 bridgehead atoms. The van der Waals surface area contributed by atoms with Gasteiger partial charge in [-0.1, -0.05) is 6.08 Å². The van der Waals surface area contributed by atoms with Gasteiger partial charge in [-0.3, -0.25) is 9.89 Å². The van der Waals surface area contributed by atoms with Gasteiger partial charge in [-0.05, 0) is 30.4 Å². The number of aromatic amines is 1. The Bertz CT molecular complexity index is 753. The Balaban J connectivity index is 1.81. The van der Waals surface area contributed by atoms with Crippen molar-refractivity contribution < 1.29 is 9.53 Å². The third kappa shape index (κ3) is 2.21. The van der Waals surface area contributed by atoms with Gasteiger partial charge in [0.05, 0.1) is 18.8 Å². The van der Waals surface area contributed by atoms with Crippen LogP contribution in [0.5, 0.6) is 0 Å². The number of carbonyl (C=O) groups excluding carboxylic acids is 1. The molecule has 3 rings (SSSR count). The van der Waals surface area contributed by atoms with E-state index in [1.807, 2.05) is 18.2 Å². The van der Waals surface area contributed by atoms with E-state index in [1.165, 1.54) is 7.11 Å². The highest BCUT2D eigenvalue weighted by Gasteiger charge is 2.15. The maximum Gasteiger partial charge on any atom is 0.228 e. The van der Waals surface area contributed by atoms with Crippen LogP contribution < -0.4 is 5.32 Å². The second-order valence-electron chi connectivity index (χ2n) is 4.34. The molecular weight excluding hydrogens is 254 g/mol. The fourth-order valence-electron chi connectivity index (χ4n) is 2.00. The predicted octanol–water partition coefficient (Wildman–Crippen LogP) is 2.53. The summed E-state index contributed by atoms with van der Waals surface area (Å²) in [6, 6.07) is 5.81. The molecule has 1 heterocycles. The molecule has 0 saturated carbocycles. The number of nitrogens with zero attached hydrogens (tertiary/aromatic N) is 1. The zero-order valence-corrected chi connectivity index (χ0v) is 10.9. The molecule has 0 atom stereocenters. The molecule has 5 nitrogen and oxygen atoms in total. The second kappa shape index (κ2) is 5.05. The third-order valence-corrected chi connectivity index (χ3v) is 3.06. The fraction of sp³-hybridized carbons (Fsp3) is 0.0667. The van der Waals surface area contributed by atoms with Crippen LogP contribution in [-0.4, -0.2) is 23.1 Å².